The lowest BCUT2D eigenvalue weighted by Crippen LogP contribution is -2.48. The SMILES string of the molecule is O.O=C(O)[C@H](O)[C@@H](O)[C@H](O)[C@H](O)COP(=O)(O)O. The molecule has 0 heterocycles. The maximum atomic E-state index is 10.2. The van der Waals surface area contributed by atoms with Crippen LogP contribution < -0.4 is 0 Å². The van der Waals surface area contributed by atoms with Crippen molar-refractivity contribution in [1.82, 2.24) is 0 Å². The summed E-state index contributed by atoms with van der Waals surface area (Å²) in [5.74, 6) is -1.83. The fourth-order valence-corrected chi connectivity index (χ4v) is 1.18. The van der Waals surface area contributed by atoms with E-state index in [9.17, 15) is 9.36 Å². The largest absolute Gasteiger partial charge is 0.479 e. The van der Waals surface area contributed by atoms with Crippen molar-refractivity contribution >= 4 is 13.8 Å². The third-order valence-corrected chi connectivity index (χ3v) is 2.22. The van der Waals surface area contributed by atoms with E-state index >= 15 is 0 Å². The highest BCUT2D eigenvalue weighted by atomic mass is 31.2. The molecule has 0 spiro atoms. The summed E-state index contributed by atoms with van der Waals surface area (Å²) in [6.07, 6.45) is -8.71. The minimum absolute atomic E-state index is 0. The van der Waals surface area contributed by atoms with Gasteiger partial charge in [-0.15, -0.1) is 0 Å². The number of aliphatic hydroxyl groups excluding tert-OH is 4. The zero-order valence-corrected chi connectivity index (χ0v) is 9.71. The van der Waals surface area contributed by atoms with Gasteiger partial charge in [0, 0.05) is 0 Å². The van der Waals surface area contributed by atoms with E-state index in [0.717, 1.165) is 0 Å². The van der Waals surface area contributed by atoms with Crippen molar-refractivity contribution in [3.05, 3.63) is 0 Å². The predicted molar refractivity (Wildman–Crippen MR) is 53.3 cm³/mol. The van der Waals surface area contributed by atoms with E-state index in [4.69, 9.17) is 35.3 Å². The third-order valence-electron chi connectivity index (χ3n) is 1.73. The Morgan fingerprint density at radius 1 is 1.11 bits per heavy atom. The first-order chi connectivity index (χ1) is 7.56. The lowest BCUT2D eigenvalue weighted by molar-refractivity contribution is -0.164. The second-order valence-corrected chi connectivity index (χ2v) is 4.36. The van der Waals surface area contributed by atoms with Crippen molar-refractivity contribution in [3.8, 4) is 0 Å². The molecule has 0 aliphatic rings. The van der Waals surface area contributed by atoms with Gasteiger partial charge in [0.25, 0.3) is 0 Å². The minimum Gasteiger partial charge on any atom is -0.479 e. The minimum atomic E-state index is -4.86. The highest BCUT2D eigenvalue weighted by Crippen LogP contribution is 2.35. The summed E-state index contributed by atoms with van der Waals surface area (Å²) in [5.41, 5.74) is 0. The number of aliphatic hydroxyl groups is 4. The quantitative estimate of drug-likeness (QED) is 0.224. The zero-order valence-electron chi connectivity index (χ0n) is 8.82. The fourth-order valence-electron chi connectivity index (χ4n) is 0.833. The van der Waals surface area contributed by atoms with E-state index < -0.39 is 44.8 Å². The first kappa shape index (κ1) is 19.7. The van der Waals surface area contributed by atoms with Gasteiger partial charge in [-0.05, 0) is 0 Å². The Morgan fingerprint density at radius 3 is 1.89 bits per heavy atom. The molecule has 0 saturated heterocycles. The third kappa shape index (κ3) is 6.96. The summed E-state index contributed by atoms with van der Waals surface area (Å²) in [7, 11) is -4.86. The van der Waals surface area contributed by atoms with Crippen LogP contribution >= 0.6 is 7.82 Å². The molecular formula is C6H15O11P. The van der Waals surface area contributed by atoms with Gasteiger partial charge in [-0.25, -0.2) is 9.36 Å². The van der Waals surface area contributed by atoms with Crippen LogP contribution in [0.1, 0.15) is 0 Å². The van der Waals surface area contributed by atoms with Gasteiger partial charge in [-0.1, -0.05) is 0 Å². The van der Waals surface area contributed by atoms with Crippen LogP contribution in [0.3, 0.4) is 0 Å². The summed E-state index contributed by atoms with van der Waals surface area (Å²) in [4.78, 5) is 26.8. The molecule has 9 N–H and O–H groups in total. The number of hydrogen-bond acceptors (Lipinski definition) is 7. The molecule has 11 nitrogen and oxygen atoms in total. The number of aliphatic carboxylic acids is 1. The highest BCUT2D eigenvalue weighted by Gasteiger charge is 2.35. The van der Waals surface area contributed by atoms with E-state index in [1.54, 1.807) is 0 Å². The molecular weight excluding hydrogens is 279 g/mol. The first-order valence-corrected chi connectivity index (χ1v) is 5.74. The molecule has 0 amide bonds. The highest BCUT2D eigenvalue weighted by molar-refractivity contribution is 7.46. The fraction of sp³-hybridized carbons (Fsp3) is 0.833. The number of carbonyl (C=O) groups is 1. The van der Waals surface area contributed by atoms with Crippen LogP contribution in [0.2, 0.25) is 0 Å². The average Bonchev–Trinajstić information content (AvgIpc) is 2.21. The summed E-state index contributed by atoms with van der Waals surface area (Å²) < 4.78 is 14.1. The molecule has 0 aromatic rings. The Morgan fingerprint density at radius 2 is 1.56 bits per heavy atom. The maximum Gasteiger partial charge on any atom is 0.469 e. The number of phosphoric acid groups is 1. The van der Waals surface area contributed by atoms with Crippen LogP contribution in [-0.2, 0) is 13.9 Å². The normalized spacial score (nSPS) is 18.3. The summed E-state index contributed by atoms with van der Waals surface area (Å²) in [6.45, 7) is -1.05. The van der Waals surface area contributed by atoms with E-state index in [2.05, 4.69) is 4.52 Å². The standard InChI is InChI=1S/C6H13O10P.H2O/c7-2(1-16-17(13,14)15)3(8)4(9)5(10)6(11)12;/h2-5,7-10H,1H2,(H,11,12)(H2,13,14,15);1H2/t2-,3-,4+,5-;/m1./s1. The Bertz CT molecular complexity index is 300. The molecule has 18 heavy (non-hydrogen) atoms. The van der Waals surface area contributed by atoms with Gasteiger partial charge >= 0.3 is 13.8 Å². The monoisotopic (exact) mass is 294 g/mol. The molecule has 0 fully saturated rings. The van der Waals surface area contributed by atoms with Gasteiger partial charge < -0.3 is 40.8 Å². The van der Waals surface area contributed by atoms with Crippen molar-refractivity contribution < 1.29 is 54.7 Å². The predicted octanol–water partition coefficient (Wildman–Crippen LogP) is -4.20. The van der Waals surface area contributed by atoms with Gasteiger partial charge in [0.2, 0.25) is 0 Å². The molecule has 4 atom stereocenters. The number of carboxylic acid groups (broad SMARTS) is 1. The first-order valence-electron chi connectivity index (χ1n) is 4.21. The second-order valence-electron chi connectivity index (χ2n) is 3.12. The number of hydrogen-bond donors (Lipinski definition) is 7. The van der Waals surface area contributed by atoms with E-state index in [-0.39, 0.29) is 5.48 Å². The lowest BCUT2D eigenvalue weighted by Gasteiger charge is -2.24. The molecule has 0 rings (SSSR count). The molecule has 0 bridgehead atoms. The van der Waals surface area contributed by atoms with E-state index in [1.165, 1.54) is 0 Å². The Labute approximate surface area is 100 Å². The molecule has 0 aliphatic carbocycles. The Kier molecular flexibility index (Phi) is 8.47. The van der Waals surface area contributed by atoms with E-state index in [0.29, 0.717) is 0 Å². The van der Waals surface area contributed by atoms with Gasteiger partial charge in [0.15, 0.2) is 6.10 Å². The molecule has 12 heteroatoms. The molecule has 110 valence electrons. The molecule has 0 aromatic heterocycles. The van der Waals surface area contributed by atoms with Crippen LogP contribution in [0.5, 0.6) is 0 Å². The maximum absolute atomic E-state index is 10.2. The second kappa shape index (κ2) is 7.74. The van der Waals surface area contributed by atoms with Gasteiger partial charge in [-0.3, -0.25) is 4.52 Å². The summed E-state index contributed by atoms with van der Waals surface area (Å²) in [5, 5.41) is 44.4. The van der Waals surface area contributed by atoms with Gasteiger partial charge in [0.1, 0.15) is 18.3 Å². The van der Waals surface area contributed by atoms with E-state index in [1.807, 2.05) is 0 Å². The van der Waals surface area contributed by atoms with Crippen molar-refractivity contribution in [2.24, 2.45) is 0 Å². The van der Waals surface area contributed by atoms with Crippen LogP contribution in [0.25, 0.3) is 0 Å². The molecule has 0 radical (unpaired) electrons. The van der Waals surface area contributed by atoms with Crippen LogP contribution in [0.15, 0.2) is 0 Å². The molecule has 0 unspecified atom stereocenters. The lowest BCUT2D eigenvalue weighted by atomic mass is 10.0. The van der Waals surface area contributed by atoms with Crippen molar-refractivity contribution in [2.75, 3.05) is 6.61 Å². The zero-order chi connectivity index (χ0) is 13.8. The Hall–Kier alpha value is -0.620. The number of carboxylic acids is 1. The number of rotatable bonds is 7. The summed E-state index contributed by atoms with van der Waals surface area (Å²) >= 11 is 0. The average molecular weight is 294 g/mol. The summed E-state index contributed by atoms with van der Waals surface area (Å²) in [6, 6.07) is 0. The van der Waals surface area contributed by atoms with Gasteiger partial charge in [-0.2, -0.15) is 0 Å². The van der Waals surface area contributed by atoms with Crippen molar-refractivity contribution in [2.45, 2.75) is 24.4 Å². The number of phosphoric ester groups is 1. The smallest absolute Gasteiger partial charge is 0.469 e. The van der Waals surface area contributed by atoms with Crippen LogP contribution in [0, 0.1) is 0 Å². The molecule has 0 saturated carbocycles. The Balaban J connectivity index is 0. The van der Waals surface area contributed by atoms with Gasteiger partial charge in [0.05, 0.1) is 6.61 Å². The topological polar surface area (TPSA) is 216 Å². The van der Waals surface area contributed by atoms with Crippen LogP contribution in [0.4, 0.5) is 0 Å². The van der Waals surface area contributed by atoms with Crippen molar-refractivity contribution in [1.29, 1.82) is 0 Å². The van der Waals surface area contributed by atoms with Crippen LogP contribution in [-0.4, -0.2) is 77.8 Å². The van der Waals surface area contributed by atoms with Crippen molar-refractivity contribution in [3.63, 3.8) is 0 Å². The molecule has 0 aromatic carbocycles. The molecule has 0 aliphatic heterocycles.